The number of aromatic nitrogens is 1. The van der Waals surface area contributed by atoms with Crippen molar-refractivity contribution in [2.45, 2.75) is 11.4 Å². The molecule has 0 amide bonds. The molecule has 53 heavy (non-hydrogen) atoms. The third-order valence-electron chi connectivity index (χ3n) is 8.94. The van der Waals surface area contributed by atoms with Gasteiger partial charge in [0.1, 0.15) is 39.5 Å². The highest BCUT2D eigenvalue weighted by molar-refractivity contribution is 7.85. The van der Waals surface area contributed by atoms with Crippen molar-refractivity contribution in [1.82, 2.24) is 0 Å². The fourth-order valence-corrected chi connectivity index (χ4v) is 7.90. The summed E-state index contributed by atoms with van der Waals surface area (Å²) in [5.41, 5.74) is 6.42. The molecule has 0 N–H and O–H groups in total. The van der Waals surface area contributed by atoms with Gasteiger partial charge in [0, 0.05) is 6.07 Å². The quantitative estimate of drug-likeness (QED) is 0.0915. The van der Waals surface area contributed by atoms with Crippen LogP contribution in [0.4, 0.5) is 5.69 Å². The second kappa shape index (κ2) is 15.0. The molecule has 10 heteroatoms. The number of fused-ring (bicyclic) bond motifs is 2. The van der Waals surface area contributed by atoms with Crippen molar-refractivity contribution in [3.63, 3.8) is 0 Å². The van der Waals surface area contributed by atoms with E-state index in [-0.39, 0.29) is 11.5 Å². The molecule has 0 aliphatic carbocycles. The second-order valence-corrected chi connectivity index (χ2v) is 14.8. The van der Waals surface area contributed by atoms with E-state index in [1.807, 2.05) is 72.8 Å². The highest BCUT2D eigenvalue weighted by Gasteiger charge is 2.30. The second-order valence-electron chi connectivity index (χ2n) is 12.4. The molecule has 0 bridgehead atoms. The fourth-order valence-electron chi connectivity index (χ4n) is 6.33. The first kappa shape index (κ1) is 34.2. The average molecular weight is 739 g/mol. The van der Waals surface area contributed by atoms with Gasteiger partial charge in [-0.3, -0.25) is 0 Å². The Kier molecular flexibility index (Phi) is 9.64. The maximum atomic E-state index is 11.4. The van der Waals surface area contributed by atoms with Crippen LogP contribution in [0.25, 0.3) is 38.5 Å². The molecule has 7 aromatic rings. The van der Waals surface area contributed by atoms with Gasteiger partial charge in [-0.1, -0.05) is 102 Å². The number of hydrogen-bond acceptors (Lipinski definition) is 8. The third kappa shape index (κ3) is 7.66. The zero-order chi connectivity index (χ0) is 36.2. The largest absolute Gasteiger partial charge is 0.744 e. The lowest BCUT2D eigenvalue weighted by molar-refractivity contribution is -0.669. The number of nitrogens with zero attached hydrogens (tertiary/aromatic N) is 2. The zero-order valence-corrected chi connectivity index (χ0v) is 30.1. The van der Waals surface area contributed by atoms with Crippen molar-refractivity contribution >= 4 is 43.4 Å². The van der Waals surface area contributed by atoms with Gasteiger partial charge in [-0.05, 0) is 76.9 Å². The summed E-state index contributed by atoms with van der Waals surface area (Å²) in [6.45, 7) is 1.77. The maximum absolute atomic E-state index is 11.4. The van der Waals surface area contributed by atoms with E-state index in [9.17, 15) is 13.0 Å². The van der Waals surface area contributed by atoms with Crippen LogP contribution in [0.1, 0.15) is 5.01 Å². The number of thiazole rings is 1. The molecule has 1 aliphatic rings. The van der Waals surface area contributed by atoms with Gasteiger partial charge in [0.15, 0.2) is 12.3 Å². The standard InChI is InChI=1S/C43H34N2O6S2/c46-53(47,48)37-20-18-36(19-21-37)50-26-24-44-38-28-33(31-10-4-1-5-11-31)16-22-40(38)51-42(44)30-43-45(25-27-49-35-14-8-3-9-15-35)39-29-34(17-23-41(39)52-43)32-12-6-2-7-13-32/h1-23,28-30H,24-27H2. The van der Waals surface area contributed by atoms with Gasteiger partial charge in [0.05, 0.1) is 23.2 Å². The Labute approximate surface area is 312 Å². The van der Waals surface area contributed by atoms with Crippen molar-refractivity contribution in [2.75, 3.05) is 24.7 Å². The van der Waals surface area contributed by atoms with Gasteiger partial charge in [-0.25, -0.2) is 8.42 Å². The maximum Gasteiger partial charge on any atom is 0.268 e. The normalized spacial score (nSPS) is 13.2. The summed E-state index contributed by atoms with van der Waals surface area (Å²) in [5.74, 6) is 2.65. The molecule has 0 radical (unpaired) electrons. The minimum Gasteiger partial charge on any atom is -0.744 e. The number of anilines is 1. The van der Waals surface area contributed by atoms with Gasteiger partial charge in [-0.15, -0.1) is 0 Å². The first-order chi connectivity index (χ1) is 25.9. The SMILES string of the molecule is O=S(=O)([O-])c1ccc(OCCN2C(=Cc3sc4ccc(-c5ccccc5)cc4[n+]3CCOc3ccccc3)Oc3ccc(-c4ccccc4)cc32)cc1. The Morgan fingerprint density at radius 3 is 1.96 bits per heavy atom. The van der Waals surface area contributed by atoms with Crippen LogP contribution in [-0.4, -0.2) is 32.7 Å². The number of hydrogen-bond donors (Lipinski definition) is 0. The number of benzene rings is 6. The van der Waals surface area contributed by atoms with E-state index >= 15 is 0 Å². The molecule has 0 atom stereocenters. The summed E-state index contributed by atoms with van der Waals surface area (Å²) < 4.78 is 56.5. The molecule has 2 heterocycles. The van der Waals surface area contributed by atoms with Gasteiger partial charge < -0.3 is 23.7 Å². The third-order valence-corrected chi connectivity index (χ3v) is 10.9. The Bertz CT molecular complexity index is 2500. The molecule has 0 saturated carbocycles. The minimum absolute atomic E-state index is 0.261. The molecule has 0 spiro atoms. The molecule has 8 rings (SSSR count). The Balaban J connectivity index is 1.15. The predicted molar refractivity (Wildman–Crippen MR) is 207 cm³/mol. The van der Waals surface area contributed by atoms with E-state index in [1.54, 1.807) is 11.3 Å². The van der Waals surface area contributed by atoms with Gasteiger partial charge in [0.2, 0.25) is 11.4 Å². The van der Waals surface area contributed by atoms with Crippen LogP contribution in [0.15, 0.2) is 162 Å². The topological polar surface area (TPSA) is 92.0 Å². The Morgan fingerprint density at radius 1 is 0.679 bits per heavy atom. The zero-order valence-electron chi connectivity index (χ0n) is 28.5. The predicted octanol–water partition coefficient (Wildman–Crippen LogP) is 8.78. The first-order valence-electron chi connectivity index (χ1n) is 17.1. The fraction of sp³-hybridized carbons (Fsp3) is 0.0930. The van der Waals surface area contributed by atoms with Gasteiger partial charge >= 0.3 is 0 Å². The first-order valence-corrected chi connectivity index (χ1v) is 19.4. The average Bonchev–Trinajstić information content (AvgIpc) is 3.71. The van der Waals surface area contributed by atoms with Crippen LogP contribution >= 0.6 is 11.3 Å². The van der Waals surface area contributed by atoms with Crippen molar-refractivity contribution in [1.29, 1.82) is 0 Å². The summed E-state index contributed by atoms with van der Waals surface area (Å²) in [4.78, 5) is 1.80. The van der Waals surface area contributed by atoms with E-state index in [0.717, 1.165) is 54.7 Å². The van der Waals surface area contributed by atoms with E-state index in [0.29, 0.717) is 31.3 Å². The van der Waals surface area contributed by atoms with Crippen molar-refractivity contribution < 1.29 is 31.7 Å². The number of rotatable bonds is 12. The van der Waals surface area contributed by atoms with Crippen molar-refractivity contribution in [2.24, 2.45) is 0 Å². The van der Waals surface area contributed by atoms with Gasteiger partial charge in [0.25, 0.3) is 5.01 Å². The molecule has 0 saturated heterocycles. The smallest absolute Gasteiger partial charge is 0.268 e. The van der Waals surface area contributed by atoms with Crippen LogP contribution in [0.5, 0.6) is 17.2 Å². The van der Waals surface area contributed by atoms with Crippen LogP contribution in [0, 0.1) is 0 Å². The molecule has 6 aromatic carbocycles. The number of ether oxygens (including phenoxy) is 3. The lowest BCUT2D eigenvalue weighted by Crippen LogP contribution is -2.38. The van der Waals surface area contributed by atoms with Crippen LogP contribution in [0.3, 0.4) is 0 Å². The highest BCUT2D eigenvalue weighted by Crippen LogP contribution is 2.42. The van der Waals surface area contributed by atoms with Crippen LogP contribution in [0.2, 0.25) is 0 Å². The van der Waals surface area contributed by atoms with Crippen LogP contribution in [-0.2, 0) is 16.7 Å². The molecule has 8 nitrogen and oxygen atoms in total. The minimum atomic E-state index is -4.55. The monoisotopic (exact) mass is 738 g/mol. The molecule has 264 valence electrons. The summed E-state index contributed by atoms with van der Waals surface area (Å²) >= 11 is 1.68. The lowest BCUT2D eigenvalue weighted by atomic mass is 10.0. The Hall–Kier alpha value is -5.94. The lowest BCUT2D eigenvalue weighted by Gasteiger charge is -2.19. The number of para-hydroxylation sites is 1. The molecule has 1 aliphatic heterocycles. The Morgan fingerprint density at radius 2 is 1.28 bits per heavy atom. The summed E-state index contributed by atoms with van der Waals surface area (Å²) in [6, 6.07) is 48.6. The van der Waals surface area contributed by atoms with E-state index in [4.69, 9.17) is 14.2 Å². The van der Waals surface area contributed by atoms with E-state index in [2.05, 4.69) is 70.1 Å². The summed E-state index contributed by atoms with van der Waals surface area (Å²) in [7, 11) is -4.55. The van der Waals surface area contributed by atoms with Gasteiger partial charge in [-0.2, -0.15) is 4.57 Å². The van der Waals surface area contributed by atoms with E-state index < -0.39 is 10.1 Å². The molecular weight excluding hydrogens is 705 g/mol. The van der Waals surface area contributed by atoms with Crippen LogP contribution < -0.4 is 23.7 Å². The van der Waals surface area contributed by atoms with Crippen molar-refractivity contribution in [3.05, 3.63) is 163 Å². The summed E-state index contributed by atoms with van der Waals surface area (Å²) in [5, 5.41) is 0.994. The highest BCUT2D eigenvalue weighted by atomic mass is 32.2. The molecule has 0 unspecified atom stereocenters. The molecule has 0 fully saturated rings. The van der Waals surface area contributed by atoms with Crippen molar-refractivity contribution in [3.8, 4) is 39.5 Å². The summed E-state index contributed by atoms with van der Waals surface area (Å²) in [6.07, 6.45) is 2.07. The molecule has 1 aromatic heterocycles. The van der Waals surface area contributed by atoms with E-state index in [1.165, 1.54) is 24.3 Å². The molecular formula is C43H34N2O6S2.